The van der Waals surface area contributed by atoms with Gasteiger partial charge in [-0.25, -0.2) is 0 Å². The van der Waals surface area contributed by atoms with Crippen molar-refractivity contribution >= 4 is 11.5 Å². The van der Waals surface area contributed by atoms with Gasteiger partial charge in [-0.1, -0.05) is 5.16 Å². The van der Waals surface area contributed by atoms with Crippen LogP contribution in [0.2, 0.25) is 0 Å². The fourth-order valence-corrected chi connectivity index (χ4v) is 3.48. The Morgan fingerprint density at radius 2 is 2.28 bits per heavy atom. The maximum Gasteiger partial charge on any atom is 0.193 e. The number of nitrogens with zero attached hydrogens (tertiary/aromatic N) is 1. The molecule has 1 aliphatic heterocycles. The van der Waals surface area contributed by atoms with Crippen LogP contribution >= 0.6 is 0 Å². The number of oxime groups is 1. The standard InChI is InChI=1S/C13H19NO4/c1-16-7-17-11-4-2-3-9-12-8(11)5-6-10(15)13(12)18-14-9/h8,11-13H,2-7H2,1H3/t8-,11-,12-,13-/m0/s1. The van der Waals surface area contributed by atoms with E-state index in [1.807, 2.05) is 0 Å². The summed E-state index contributed by atoms with van der Waals surface area (Å²) in [5.41, 5.74) is 1.07. The summed E-state index contributed by atoms with van der Waals surface area (Å²) in [5.74, 6) is 0.699. The normalized spacial score (nSPS) is 38.7. The molecule has 100 valence electrons. The summed E-state index contributed by atoms with van der Waals surface area (Å²) in [6, 6.07) is 0. The van der Waals surface area contributed by atoms with Gasteiger partial charge in [0, 0.05) is 13.5 Å². The lowest BCUT2D eigenvalue weighted by molar-refractivity contribution is -0.142. The summed E-state index contributed by atoms with van der Waals surface area (Å²) in [5, 5.41) is 4.13. The van der Waals surface area contributed by atoms with Crippen molar-refractivity contribution in [1.82, 2.24) is 0 Å². The van der Waals surface area contributed by atoms with Crippen molar-refractivity contribution in [3.8, 4) is 0 Å². The van der Waals surface area contributed by atoms with Crippen molar-refractivity contribution in [3.05, 3.63) is 0 Å². The number of Topliss-reactive ketones (excluding diaryl/α,β-unsaturated/α-hetero) is 1. The highest BCUT2D eigenvalue weighted by Gasteiger charge is 2.50. The average Bonchev–Trinajstić information content (AvgIpc) is 2.72. The van der Waals surface area contributed by atoms with Gasteiger partial charge < -0.3 is 14.3 Å². The number of methoxy groups -OCH3 is 1. The number of ether oxygens (including phenoxy) is 2. The van der Waals surface area contributed by atoms with Crippen molar-refractivity contribution < 1.29 is 19.1 Å². The van der Waals surface area contributed by atoms with Crippen molar-refractivity contribution in [2.75, 3.05) is 13.9 Å². The third-order valence-corrected chi connectivity index (χ3v) is 4.30. The molecule has 0 aromatic carbocycles. The largest absolute Gasteiger partial charge is 0.384 e. The van der Waals surface area contributed by atoms with Gasteiger partial charge in [-0.15, -0.1) is 0 Å². The van der Waals surface area contributed by atoms with Crippen LogP contribution in [0.1, 0.15) is 32.1 Å². The number of hydrogen-bond donors (Lipinski definition) is 0. The fourth-order valence-electron chi connectivity index (χ4n) is 3.48. The zero-order valence-corrected chi connectivity index (χ0v) is 10.6. The predicted molar refractivity (Wildman–Crippen MR) is 64.1 cm³/mol. The van der Waals surface area contributed by atoms with Crippen LogP contribution in [0.5, 0.6) is 0 Å². The molecule has 2 fully saturated rings. The molecule has 0 spiro atoms. The summed E-state index contributed by atoms with van der Waals surface area (Å²) >= 11 is 0. The van der Waals surface area contributed by atoms with E-state index in [1.165, 1.54) is 0 Å². The first-order valence-corrected chi connectivity index (χ1v) is 6.67. The Labute approximate surface area is 106 Å². The SMILES string of the molecule is COCO[C@H]1CCCC2=NO[C@H]3C(=O)CC[C@@H]1[C@@H]23. The number of carbonyl (C=O) groups excluding carboxylic acids is 1. The number of carbonyl (C=O) groups is 1. The first-order valence-electron chi connectivity index (χ1n) is 6.67. The quantitative estimate of drug-likeness (QED) is 0.715. The van der Waals surface area contributed by atoms with Gasteiger partial charge in [0.1, 0.15) is 6.79 Å². The van der Waals surface area contributed by atoms with E-state index in [2.05, 4.69) is 5.16 Å². The van der Waals surface area contributed by atoms with Crippen LogP contribution in [0.15, 0.2) is 5.16 Å². The summed E-state index contributed by atoms with van der Waals surface area (Å²) in [6.07, 6.45) is 4.29. The molecule has 3 rings (SSSR count). The van der Waals surface area contributed by atoms with Crippen molar-refractivity contribution in [2.45, 2.75) is 44.3 Å². The molecule has 18 heavy (non-hydrogen) atoms. The van der Waals surface area contributed by atoms with Crippen LogP contribution in [0.4, 0.5) is 0 Å². The second-order valence-electron chi connectivity index (χ2n) is 5.31. The van der Waals surface area contributed by atoms with Gasteiger partial charge in [-0.05, 0) is 31.6 Å². The molecule has 2 aliphatic carbocycles. The highest BCUT2D eigenvalue weighted by Crippen LogP contribution is 2.42. The molecule has 5 nitrogen and oxygen atoms in total. The van der Waals surface area contributed by atoms with Crippen LogP contribution in [-0.4, -0.2) is 37.6 Å². The fraction of sp³-hybridized carbons (Fsp3) is 0.846. The van der Waals surface area contributed by atoms with Crippen LogP contribution in [0.3, 0.4) is 0 Å². The molecular weight excluding hydrogens is 234 g/mol. The maximum atomic E-state index is 11.9. The number of ketones is 1. The molecule has 0 radical (unpaired) electrons. The summed E-state index contributed by atoms with van der Waals surface area (Å²) < 4.78 is 10.8. The van der Waals surface area contributed by atoms with Gasteiger partial charge in [-0.2, -0.15) is 0 Å². The molecule has 0 N–H and O–H groups in total. The first-order chi connectivity index (χ1) is 8.81. The van der Waals surface area contributed by atoms with Crippen molar-refractivity contribution in [1.29, 1.82) is 0 Å². The zero-order valence-electron chi connectivity index (χ0n) is 10.6. The lowest BCUT2D eigenvalue weighted by Crippen LogP contribution is -2.45. The lowest BCUT2D eigenvalue weighted by Gasteiger charge is -2.34. The Balaban J connectivity index is 1.81. The second-order valence-corrected chi connectivity index (χ2v) is 5.31. The van der Waals surface area contributed by atoms with Gasteiger partial charge >= 0.3 is 0 Å². The lowest BCUT2D eigenvalue weighted by atomic mass is 9.72. The zero-order chi connectivity index (χ0) is 12.5. The smallest absolute Gasteiger partial charge is 0.193 e. The van der Waals surface area contributed by atoms with Crippen LogP contribution in [0, 0.1) is 11.8 Å². The molecule has 3 aliphatic rings. The minimum Gasteiger partial charge on any atom is -0.384 e. The van der Waals surface area contributed by atoms with E-state index >= 15 is 0 Å². The van der Waals surface area contributed by atoms with Crippen LogP contribution in [-0.2, 0) is 19.1 Å². The van der Waals surface area contributed by atoms with Crippen molar-refractivity contribution in [2.24, 2.45) is 17.0 Å². The average molecular weight is 253 g/mol. The first kappa shape index (κ1) is 12.1. The third-order valence-electron chi connectivity index (χ3n) is 4.30. The molecule has 0 saturated heterocycles. The Morgan fingerprint density at radius 3 is 3.11 bits per heavy atom. The summed E-state index contributed by atoms with van der Waals surface area (Å²) in [4.78, 5) is 17.2. The minimum absolute atomic E-state index is 0.149. The molecule has 5 heteroatoms. The highest BCUT2D eigenvalue weighted by atomic mass is 16.7. The Hall–Kier alpha value is -0.940. The molecule has 0 amide bonds. The van der Waals surface area contributed by atoms with Crippen LogP contribution < -0.4 is 0 Å². The van der Waals surface area contributed by atoms with Gasteiger partial charge in [0.2, 0.25) is 0 Å². The van der Waals surface area contributed by atoms with Gasteiger partial charge in [0.05, 0.1) is 17.7 Å². The molecular formula is C13H19NO4. The van der Waals surface area contributed by atoms with Crippen molar-refractivity contribution in [3.63, 3.8) is 0 Å². The third kappa shape index (κ3) is 1.95. The molecule has 0 unspecified atom stereocenters. The molecule has 2 saturated carbocycles. The highest BCUT2D eigenvalue weighted by molar-refractivity contribution is 5.97. The summed E-state index contributed by atoms with van der Waals surface area (Å²) in [6.45, 7) is 0.319. The maximum absolute atomic E-state index is 11.9. The minimum atomic E-state index is -0.342. The van der Waals surface area contributed by atoms with Gasteiger partial charge in [0.25, 0.3) is 0 Å². The molecule has 4 atom stereocenters. The van der Waals surface area contributed by atoms with E-state index in [4.69, 9.17) is 14.3 Å². The van der Waals surface area contributed by atoms with E-state index in [0.29, 0.717) is 19.1 Å². The number of rotatable bonds is 3. The molecule has 0 aromatic heterocycles. The number of hydrogen-bond acceptors (Lipinski definition) is 5. The predicted octanol–water partition coefficient (Wildman–Crippen LogP) is 1.51. The van der Waals surface area contributed by atoms with Gasteiger partial charge in [-0.3, -0.25) is 4.79 Å². The topological polar surface area (TPSA) is 57.1 Å². The molecule has 0 bridgehead atoms. The Bertz CT molecular complexity index is 368. The van der Waals surface area contributed by atoms with E-state index in [-0.39, 0.29) is 23.9 Å². The Kier molecular flexibility index (Phi) is 3.35. The monoisotopic (exact) mass is 253 g/mol. The summed E-state index contributed by atoms with van der Waals surface area (Å²) in [7, 11) is 1.63. The van der Waals surface area contributed by atoms with E-state index in [9.17, 15) is 4.79 Å². The Morgan fingerprint density at radius 1 is 1.39 bits per heavy atom. The van der Waals surface area contributed by atoms with E-state index < -0.39 is 0 Å². The van der Waals surface area contributed by atoms with E-state index in [0.717, 1.165) is 31.4 Å². The van der Waals surface area contributed by atoms with Crippen LogP contribution in [0.25, 0.3) is 0 Å². The molecule has 1 heterocycles. The van der Waals surface area contributed by atoms with Gasteiger partial charge in [0.15, 0.2) is 11.9 Å². The second kappa shape index (κ2) is 4.97. The molecule has 0 aromatic rings. The van der Waals surface area contributed by atoms with E-state index in [1.54, 1.807) is 7.11 Å².